The number of ether oxygens (including phenoxy) is 2. The van der Waals surface area contributed by atoms with Gasteiger partial charge in [0.15, 0.2) is 0 Å². The molecule has 0 aromatic heterocycles. The van der Waals surface area contributed by atoms with E-state index in [4.69, 9.17) is 15.2 Å². The molecular weight excluding hydrogens is 514 g/mol. The van der Waals surface area contributed by atoms with Gasteiger partial charge in [0.05, 0.1) is 6.54 Å². The van der Waals surface area contributed by atoms with Crippen molar-refractivity contribution in [1.29, 1.82) is 0 Å². The molecule has 4 amide bonds. The third kappa shape index (κ3) is 10.3. The number of carbonyl (C=O) groups excluding carboxylic acids is 4. The first kappa shape index (κ1) is 29.4. The summed E-state index contributed by atoms with van der Waals surface area (Å²) in [7, 11) is 1.43. The summed E-state index contributed by atoms with van der Waals surface area (Å²) in [5.41, 5.74) is 7.80. The Balaban J connectivity index is 1.66. The second-order valence-electron chi connectivity index (χ2n) is 8.73. The summed E-state index contributed by atoms with van der Waals surface area (Å²) < 4.78 is 10.4. The van der Waals surface area contributed by atoms with E-state index in [-0.39, 0.29) is 32.1 Å². The molecule has 4 N–H and O–H groups in total. The molecule has 40 heavy (non-hydrogen) atoms. The highest BCUT2D eigenvalue weighted by atomic mass is 16.6. The molecule has 3 aromatic carbocycles. The molecule has 208 valence electrons. The van der Waals surface area contributed by atoms with Gasteiger partial charge in [-0.1, -0.05) is 91.0 Å². The Bertz CT molecular complexity index is 1300. The largest absolute Gasteiger partial charge is 0.444 e. The number of nitrogens with zero attached hydrogens (tertiary/aromatic N) is 2. The zero-order valence-corrected chi connectivity index (χ0v) is 22.0. The summed E-state index contributed by atoms with van der Waals surface area (Å²) in [4.78, 5) is 54.7. The average molecular weight is 546 g/mol. The van der Waals surface area contributed by atoms with Crippen molar-refractivity contribution < 1.29 is 28.7 Å². The lowest BCUT2D eigenvalue weighted by molar-refractivity contribution is -0.127. The van der Waals surface area contributed by atoms with Gasteiger partial charge in [0.2, 0.25) is 17.8 Å². The first-order valence-electron chi connectivity index (χ1n) is 12.4. The number of benzene rings is 3. The third-order valence-corrected chi connectivity index (χ3v) is 5.53. The summed E-state index contributed by atoms with van der Waals surface area (Å²) in [5, 5.41) is 4.96. The van der Waals surface area contributed by atoms with Gasteiger partial charge in [-0.05, 0) is 16.7 Å². The van der Waals surface area contributed by atoms with E-state index < -0.39 is 30.0 Å². The van der Waals surface area contributed by atoms with Crippen molar-refractivity contribution in [3.8, 4) is 0 Å². The Morgan fingerprint density at radius 3 is 1.82 bits per heavy atom. The quantitative estimate of drug-likeness (QED) is 0.262. The number of nitrogens with one attached hydrogen (secondary N) is 2. The summed E-state index contributed by atoms with van der Waals surface area (Å²) in [5.74, 6) is -1.59. The van der Waals surface area contributed by atoms with Crippen LogP contribution in [0.2, 0.25) is 0 Å². The van der Waals surface area contributed by atoms with E-state index in [9.17, 15) is 19.2 Å². The zero-order chi connectivity index (χ0) is 28.7. The number of amides is 4. The highest BCUT2D eigenvalue weighted by molar-refractivity contribution is 6.00. The molecule has 3 aromatic rings. The van der Waals surface area contributed by atoms with Gasteiger partial charge >= 0.3 is 12.2 Å². The maximum Gasteiger partial charge on any atom is 0.437 e. The van der Waals surface area contributed by atoms with E-state index in [2.05, 4.69) is 15.6 Å². The molecule has 0 spiro atoms. The fourth-order valence-corrected chi connectivity index (χ4v) is 3.50. The van der Waals surface area contributed by atoms with Crippen molar-refractivity contribution in [2.24, 2.45) is 10.7 Å². The Labute approximate surface area is 232 Å². The normalized spacial score (nSPS) is 11.6. The number of alkyl carbamates (subject to hydrolysis) is 1. The van der Waals surface area contributed by atoms with Crippen molar-refractivity contribution in [1.82, 2.24) is 15.5 Å². The molecule has 11 nitrogen and oxygen atoms in total. The Kier molecular flexibility index (Phi) is 11.2. The molecule has 0 aliphatic carbocycles. The number of hydrogen-bond donors (Lipinski definition) is 3. The van der Waals surface area contributed by atoms with Crippen LogP contribution < -0.4 is 16.4 Å². The fraction of sp³-hybridized carbons (Fsp3) is 0.207. The van der Waals surface area contributed by atoms with Gasteiger partial charge in [0.25, 0.3) is 0 Å². The minimum Gasteiger partial charge on any atom is -0.444 e. The molecule has 1 atom stereocenters. The summed E-state index contributed by atoms with van der Waals surface area (Å²) in [6.45, 7) is -0.441. The molecule has 0 heterocycles. The molecule has 0 aliphatic rings. The van der Waals surface area contributed by atoms with Crippen molar-refractivity contribution in [2.45, 2.75) is 25.7 Å². The van der Waals surface area contributed by atoms with Crippen molar-refractivity contribution in [3.63, 3.8) is 0 Å². The van der Waals surface area contributed by atoms with Crippen LogP contribution in [-0.4, -0.2) is 54.5 Å². The van der Waals surface area contributed by atoms with E-state index in [0.717, 1.165) is 16.7 Å². The van der Waals surface area contributed by atoms with Crippen molar-refractivity contribution >= 4 is 30.0 Å². The number of carbonyl (C=O) groups is 4. The van der Waals surface area contributed by atoms with Crippen LogP contribution in [-0.2, 0) is 38.7 Å². The van der Waals surface area contributed by atoms with Crippen LogP contribution in [0, 0.1) is 0 Å². The number of nitrogens with two attached hydrogens (primary N) is 1. The highest BCUT2D eigenvalue weighted by Crippen LogP contribution is 2.05. The molecule has 0 saturated carbocycles. The van der Waals surface area contributed by atoms with Crippen LogP contribution in [0.25, 0.3) is 0 Å². The molecule has 0 radical (unpaired) electrons. The standard InChI is InChI=1S/C29H31N5O6/c1-34(18-25(35)31-24(26(30)36)17-21-11-5-2-6-12-21)27(32-28(37)39-19-22-13-7-3-8-14-22)33-29(38)40-20-23-15-9-4-10-16-23/h2-16,24H,17-20H2,1H3,(H2,30,36)(H,31,35)(H,32,33,37,38)/t24-/m0/s1. The molecule has 3 rings (SSSR count). The predicted molar refractivity (Wildman–Crippen MR) is 148 cm³/mol. The molecule has 0 saturated heterocycles. The molecule has 0 unspecified atom stereocenters. The van der Waals surface area contributed by atoms with Gasteiger partial charge < -0.3 is 25.4 Å². The molecule has 0 fully saturated rings. The third-order valence-electron chi connectivity index (χ3n) is 5.53. The first-order valence-corrected chi connectivity index (χ1v) is 12.4. The van der Waals surface area contributed by atoms with Crippen LogP contribution in [0.3, 0.4) is 0 Å². The van der Waals surface area contributed by atoms with E-state index in [1.54, 1.807) is 48.5 Å². The molecule has 0 aliphatic heterocycles. The summed E-state index contributed by atoms with van der Waals surface area (Å²) in [6.07, 6.45) is -1.69. The van der Waals surface area contributed by atoms with Crippen LogP contribution in [0.5, 0.6) is 0 Å². The zero-order valence-electron chi connectivity index (χ0n) is 22.0. The number of hydrogen-bond acceptors (Lipinski definition) is 6. The van der Waals surface area contributed by atoms with Gasteiger partial charge in [0, 0.05) is 13.5 Å². The number of aliphatic imine (C=N–C) groups is 1. The van der Waals surface area contributed by atoms with Gasteiger partial charge in [-0.15, -0.1) is 4.99 Å². The molecular formula is C29H31N5O6. The van der Waals surface area contributed by atoms with Crippen molar-refractivity contribution in [3.05, 3.63) is 108 Å². The second kappa shape index (κ2) is 15.3. The lowest BCUT2D eigenvalue weighted by Gasteiger charge is -2.22. The predicted octanol–water partition coefficient (Wildman–Crippen LogP) is 2.75. The fourth-order valence-electron chi connectivity index (χ4n) is 3.50. The Morgan fingerprint density at radius 2 is 1.30 bits per heavy atom. The van der Waals surface area contributed by atoms with Gasteiger partial charge in [-0.3, -0.25) is 14.9 Å². The highest BCUT2D eigenvalue weighted by Gasteiger charge is 2.22. The monoisotopic (exact) mass is 545 g/mol. The van der Waals surface area contributed by atoms with Gasteiger partial charge in [-0.25, -0.2) is 9.59 Å². The Hall–Kier alpha value is -5.19. The van der Waals surface area contributed by atoms with Gasteiger partial charge in [0.1, 0.15) is 19.3 Å². The number of primary amides is 1. The van der Waals surface area contributed by atoms with E-state index >= 15 is 0 Å². The SMILES string of the molecule is CN(CC(=O)N[C@@H](Cc1ccccc1)C(N)=O)/C(=N/C(=O)OCc1ccccc1)NC(=O)OCc1ccccc1. The maximum atomic E-state index is 12.8. The van der Waals surface area contributed by atoms with E-state index in [1.807, 2.05) is 42.5 Å². The number of rotatable bonds is 10. The Morgan fingerprint density at radius 1 is 0.800 bits per heavy atom. The summed E-state index contributed by atoms with van der Waals surface area (Å²) >= 11 is 0. The van der Waals surface area contributed by atoms with Gasteiger partial charge in [-0.2, -0.15) is 0 Å². The number of likely N-dealkylation sites (N-methyl/N-ethyl adjacent to an activating group) is 1. The minimum atomic E-state index is -0.992. The lowest BCUT2D eigenvalue weighted by atomic mass is 10.1. The van der Waals surface area contributed by atoms with E-state index in [0.29, 0.717) is 0 Å². The maximum absolute atomic E-state index is 12.8. The topological polar surface area (TPSA) is 152 Å². The number of guanidine groups is 1. The van der Waals surface area contributed by atoms with Crippen LogP contribution in [0.1, 0.15) is 16.7 Å². The average Bonchev–Trinajstić information content (AvgIpc) is 2.96. The summed E-state index contributed by atoms with van der Waals surface area (Å²) in [6, 6.07) is 26.1. The minimum absolute atomic E-state index is 0.0254. The smallest absolute Gasteiger partial charge is 0.437 e. The van der Waals surface area contributed by atoms with E-state index in [1.165, 1.54) is 11.9 Å². The molecule has 0 bridgehead atoms. The molecule has 11 heteroatoms. The lowest BCUT2D eigenvalue weighted by Crippen LogP contribution is -2.51. The second-order valence-corrected chi connectivity index (χ2v) is 8.73. The first-order chi connectivity index (χ1) is 19.3. The van der Waals surface area contributed by atoms with Crippen LogP contribution in [0.4, 0.5) is 9.59 Å². The van der Waals surface area contributed by atoms with Crippen LogP contribution >= 0.6 is 0 Å². The van der Waals surface area contributed by atoms with Crippen molar-refractivity contribution in [2.75, 3.05) is 13.6 Å². The van der Waals surface area contributed by atoms with Crippen LogP contribution in [0.15, 0.2) is 96.0 Å².